The fourth-order valence-electron chi connectivity index (χ4n) is 3.22. The highest BCUT2D eigenvalue weighted by molar-refractivity contribution is 7.92. The van der Waals surface area contributed by atoms with Gasteiger partial charge in [0.05, 0.1) is 38.8 Å². The van der Waals surface area contributed by atoms with Gasteiger partial charge < -0.3 is 15.5 Å². The molecule has 186 valence electrons. The van der Waals surface area contributed by atoms with Crippen molar-refractivity contribution in [1.82, 2.24) is 0 Å². The molecule has 0 aliphatic heterocycles. The Bertz CT molecular complexity index is 1470. The molecule has 0 fully saturated rings. The normalized spacial score (nSPS) is 10.9. The van der Waals surface area contributed by atoms with Crippen LogP contribution in [0.25, 0.3) is 0 Å². The minimum Gasteiger partial charge on any atom is -0.478 e. The minimum absolute atomic E-state index is 0.0185. The van der Waals surface area contributed by atoms with Crippen LogP contribution in [0.15, 0.2) is 65.6 Å². The van der Waals surface area contributed by atoms with Gasteiger partial charge in [-0.1, -0.05) is 35.9 Å². The van der Waals surface area contributed by atoms with E-state index in [2.05, 4.69) is 10.0 Å². The number of Topliss-reactive ketones (excluding diaryl/α,β-unsaturated/α-hetero) is 1. The third-order valence-corrected chi connectivity index (χ3v) is 6.66. The monoisotopic (exact) mass is 530 g/mol. The number of carbonyl (C=O) groups excluding carboxylic acids is 2. The van der Waals surface area contributed by atoms with Crippen LogP contribution < -0.4 is 10.0 Å². The maximum Gasteiger partial charge on any atom is 0.335 e. The number of aryl methyl sites for hydroxylation is 1. The molecule has 3 aromatic carbocycles. The SMILES string of the molecule is Cc1ccccc1C(=O)CC(=O)Nc1cc(NS(=O)(=O)c2cc(C(=O)O)cc(C(=O)O)c2)ccc1Cl. The summed E-state index contributed by atoms with van der Waals surface area (Å²) >= 11 is 6.11. The number of benzene rings is 3. The van der Waals surface area contributed by atoms with Gasteiger partial charge in [-0.05, 0) is 48.9 Å². The van der Waals surface area contributed by atoms with Crippen LogP contribution in [-0.2, 0) is 14.8 Å². The molecule has 0 spiro atoms. The summed E-state index contributed by atoms with van der Waals surface area (Å²) in [5, 5.41) is 20.9. The Balaban J connectivity index is 1.82. The molecular formula is C24H19ClN2O8S. The van der Waals surface area contributed by atoms with E-state index in [0.717, 1.165) is 18.2 Å². The Kier molecular flexibility index (Phi) is 7.76. The summed E-state index contributed by atoms with van der Waals surface area (Å²) in [4.78, 5) is 46.9. The van der Waals surface area contributed by atoms with Gasteiger partial charge in [0.25, 0.3) is 10.0 Å². The summed E-state index contributed by atoms with van der Waals surface area (Å²) in [5.74, 6) is -4.10. The number of carboxylic acid groups (broad SMARTS) is 2. The van der Waals surface area contributed by atoms with Gasteiger partial charge in [-0.25, -0.2) is 18.0 Å². The molecule has 3 aromatic rings. The molecule has 0 aliphatic carbocycles. The first-order valence-corrected chi connectivity index (χ1v) is 12.1. The average Bonchev–Trinajstić information content (AvgIpc) is 2.80. The number of rotatable bonds is 9. The minimum atomic E-state index is -4.43. The predicted molar refractivity (Wildman–Crippen MR) is 131 cm³/mol. The second-order valence-electron chi connectivity index (χ2n) is 7.62. The Morgan fingerprint density at radius 3 is 2.08 bits per heavy atom. The van der Waals surface area contributed by atoms with Gasteiger partial charge in [-0.2, -0.15) is 0 Å². The van der Waals surface area contributed by atoms with Gasteiger partial charge in [0, 0.05) is 5.56 Å². The smallest absolute Gasteiger partial charge is 0.335 e. The Labute approximate surface area is 210 Å². The van der Waals surface area contributed by atoms with Gasteiger partial charge >= 0.3 is 11.9 Å². The summed E-state index contributed by atoms with van der Waals surface area (Å²) in [6.07, 6.45) is -0.475. The van der Waals surface area contributed by atoms with E-state index in [-0.39, 0.29) is 16.4 Å². The van der Waals surface area contributed by atoms with Gasteiger partial charge in [0.1, 0.15) is 0 Å². The summed E-state index contributed by atoms with van der Waals surface area (Å²) in [6.45, 7) is 1.74. The number of halogens is 1. The molecule has 0 heterocycles. The number of nitrogens with one attached hydrogen (secondary N) is 2. The highest BCUT2D eigenvalue weighted by atomic mass is 35.5. The molecule has 0 saturated heterocycles. The van der Waals surface area contributed by atoms with Crippen LogP contribution in [0.5, 0.6) is 0 Å². The largest absolute Gasteiger partial charge is 0.478 e. The number of amides is 1. The third kappa shape index (κ3) is 6.26. The summed E-state index contributed by atoms with van der Waals surface area (Å²) in [5.41, 5.74) is 0.00476. The van der Waals surface area contributed by atoms with E-state index in [9.17, 15) is 37.8 Å². The van der Waals surface area contributed by atoms with E-state index in [4.69, 9.17) is 11.6 Å². The zero-order valence-electron chi connectivity index (χ0n) is 18.6. The van der Waals surface area contributed by atoms with Crippen molar-refractivity contribution in [2.75, 3.05) is 10.0 Å². The van der Waals surface area contributed by atoms with Crippen molar-refractivity contribution in [2.45, 2.75) is 18.2 Å². The predicted octanol–water partition coefficient (Wildman–Crippen LogP) is 4.06. The Hall–Kier alpha value is -4.22. The van der Waals surface area contributed by atoms with Gasteiger partial charge in [0.15, 0.2) is 5.78 Å². The van der Waals surface area contributed by atoms with Gasteiger partial charge in [0.2, 0.25) is 5.91 Å². The topological polar surface area (TPSA) is 167 Å². The van der Waals surface area contributed by atoms with Crippen LogP contribution in [0.4, 0.5) is 11.4 Å². The third-order valence-electron chi connectivity index (χ3n) is 4.97. The van der Waals surface area contributed by atoms with Gasteiger partial charge in [-0.3, -0.25) is 14.3 Å². The standard InChI is InChI=1S/C24H19ClN2O8S/c1-13-4-2-3-5-18(13)21(28)12-22(29)26-20-11-16(6-7-19(20)25)27-36(34,35)17-9-14(23(30)31)8-15(10-17)24(32)33/h2-11,27H,12H2,1H3,(H,26,29)(H,30,31)(H,32,33). The van der Waals surface area contributed by atoms with Crippen molar-refractivity contribution in [3.63, 3.8) is 0 Å². The van der Waals surface area contributed by atoms with E-state index < -0.39 is 56.1 Å². The first-order valence-electron chi connectivity index (χ1n) is 10.2. The number of ketones is 1. The number of carbonyl (C=O) groups is 4. The Morgan fingerprint density at radius 1 is 0.889 bits per heavy atom. The molecule has 0 bridgehead atoms. The number of hydrogen-bond acceptors (Lipinski definition) is 6. The van der Waals surface area contributed by atoms with Crippen molar-refractivity contribution in [3.8, 4) is 0 Å². The number of sulfonamides is 1. The van der Waals surface area contributed by atoms with Crippen molar-refractivity contribution in [3.05, 3.63) is 87.9 Å². The van der Waals surface area contributed by atoms with Crippen LogP contribution >= 0.6 is 11.6 Å². The lowest BCUT2D eigenvalue weighted by Crippen LogP contribution is -2.18. The molecule has 0 aliphatic rings. The van der Waals surface area contributed by atoms with E-state index in [1.165, 1.54) is 18.2 Å². The molecule has 0 aromatic heterocycles. The van der Waals surface area contributed by atoms with Crippen molar-refractivity contribution >= 4 is 56.6 Å². The summed E-state index contributed by atoms with van der Waals surface area (Å²) in [6, 6.07) is 13.0. The molecule has 4 N–H and O–H groups in total. The number of aromatic carboxylic acids is 2. The Morgan fingerprint density at radius 2 is 1.50 bits per heavy atom. The van der Waals surface area contributed by atoms with Crippen LogP contribution in [-0.4, -0.2) is 42.3 Å². The van der Waals surface area contributed by atoms with Crippen LogP contribution in [0.1, 0.15) is 43.1 Å². The second-order valence-corrected chi connectivity index (χ2v) is 9.71. The highest BCUT2D eigenvalue weighted by Gasteiger charge is 2.21. The highest BCUT2D eigenvalue weighted by Crippen LogP contribution is 2.28. The van der Waals surface area contributed by atoms with Crippen LogP contribution in [0.2, 0.25) is 5.02 Å². The van der Waals surface area contributed by atoms with E-state index in [0.29, 0.717) is 11.1 Å². The molecule has 0 unspecified atom stereocenters. The van der Waals surface area contributed by atoms with Gasteiger partial charge in [-0.15, -0.1) is 0 Å². The van der Waals surface area contributed by atoms with Crippen molar-refractivity contribution in [1.29, 1.82) is 0 Å². The number of anilines is 2. The van der Waals surface area contributed by atoms with E-state index >= 15 is 0 Å². The second kappa shape index (κ2) is 10.6. The molecule has 3 rings (SSSR count). The lowest BCUT2D eigenvalue weighted by molar-refractivity contribution is -0.115. The first-order chi connectivity index (χ1) is 16.9. The zero-order chi connectivity index (χ0) is 26.6. The maximum atomic E-state index is 12.8. The molecule has 0 saturated carbocycles. The average molecular weight is 531 g/mol. The maximum absolute atomic E-state index is 12.8. The molecule has 36 heavy (non-hydrogen) atoms. The fraction of sp³-hybridized carbons (Fsp3) is 0.0833. The lowest BCUT2D eigenvalue weighted by atomic mass is 10.0. The van der Waals surface area contributed by atoms with E-state index in [1.807, 2.05) is 0 Å². The summed E-state index contributed by atoms with van der Waals surface area (Å²) in [7, 11) is -4.43. The van der Waals surface area contributed by atoms with Crippen molar-refractivity contribution in [2.24, 2.45) is 0 Å². The number of hydrogen-bond donors (Lipinski definition) is 4. The first kappa shape index (κ1) is 26.4. The lowest BCUT2D eigenvalue weighted by Gasteiger charge is -2.13. The molecule has 0 radical (unpaired) electrons. The molecule has 1 amide bonds. The summed E-state index contributed by atoms with van der Waals surface area (Å²) < 4.78 is 27.9. The van der Waals surface area contributed by atoms with E-state index in [1.54, 1.807) is 31.2 Å². The fourth-order valence-corrected chi connectivity index (χ4v) is 4.51. The van der Waals surface area contributed by atoms with Crippen LogP contribution in [0.3, 0.4) is 0 Å². The molecular weight excluding hydrogens is 512 g/mol. The molecule has 12 heteroatoms. The zero-order valence-corrected chi connectivity index (χ0v) is 20.2. The molecule has 10 nitrogen and oxygen atoms in total. The van der Waals surface area contributed by atoms with Crippen LogP contribution in [0, 0.1) is 6.92 Å². The van der Waals surface area contributed by atoms with Crippen molar-refractivity contribution < 1.29 is 37.8 Å². The quantitative estimate of drug-likeness (QED) is 0.237. The number of carboxylic acids is 2. The molecule has 0 atom stereocenters.